The molecule has 0 nitrogen and oxygen atoms in total. The van der Waals surface area contributed by atoms with Crippen molar-refractivity contribution < 1.29 is 0 Å². The molecule has 0 radical (unpaired) electrons. The maximum absolute atomic E-state index is 2.58. The lowest BCUT2D eigenvalue weighted by atomic mass is 9.39. The fourth-order valence-electron chi connectivity index (χ4n) is 7.69. The van der Waals surface area contributed by atoms with E-state index in [4.69, 9.17) is 0 Å². The van der Waals surface area contributed by atoms with Gasteiger partial charge in [0.2, 0.25) is 0 Å². The molecule has 28 heavy (non-hydrogen) atoms. The largest absolute Gasteiger partial charge is 0.0676 e. The van der Waals surface area contributed by atoms with Gasteiger partial charge in [-0.2, -0.15) is 0 Å². The molecule has 0 N–H and O–H groups in total. The average Bonchev–Trinajstić information content (AvgIpc) is 2.60. The Morgan fingerprint density at radius 1 is 0.321 bits per heavy atom. The van der Waals surface area contributed by atoms with E-state index in [1.54, 1.807) is 33.4 Å². The molecule has 0 amide bonds. The third kappa shape index (κ3) is 2.14. The van der Waals surface area contributed by atoms with Crippen molar-refractivity contribution in [2.24, 2.45) is 32.5 Å². The summed E-state index contributed by atoms with van der Waals surface area (Å²) in [6, 6.07) is 0. The average molecular weight is 385 g/mol. The molecule has 0 saturated carbocycles. The van der Waals surface area contributed by atoms with Gasteiger partial charge in [-0.25, -0.2) is 0 Å². The van der Waals surface area contributed by atoms with Crippen LogP contribution in [0.2, 0.25) is 0 Å². The smallest absolute Gasteiger partial charge is 0.0180 e. The Morgan fingerprint density at radius 2 is 0.536 bits per heavy atom. The Hall–Kier alpha value is -0.780. The van der Waals surface area contributed by atoms with Gasteiger partial charge in [-0.1, -0.05) is 103 Å². The molecule has 0 aromatic heterocycles. The highest BCUT2D eigenvalue weighted by molar-refractivity contribution is 5.49. The van der Waals surface area contributed by atoms with Gasteiger partial charge in [0.25, 0.3) is 0 Å². The van der Waals surface area contributed by atoms with E-state index < -0.39 is 0 Å². The van der Waals surface area contributed by atoms with E-state index >= 15 is 0 Å². The van der Waals surface area contributed by atoms with E-state index in [1.165, 1.54) is 0 Å². The fraction of sp³-hybridized carbons (Fsp3) is 0.786. The first-order valence-corrected chi connectivity index (χ1v) is 11.2. The summed E-state index contributed by atoms with van der Waals surface area (Å²) in [6.45, 7) is 39.7. The van der Waals surface area contributed by atoms with Gasteiger partial charge in [-0.3, -0.25) is 0 Å². The Balaban J connectivity index is 3.40. The second kappa shape index (κ2) is 5.89. The van der Waals surface area contributed by atoms with Crippen molar-refractivity contribution in [1.82, 2.24) is 0 Å². The van der Waals surface area contributed by atoms with Gasteiger partial charge in [0, 0.05) is 5.41 Å². The molecule has 0 aromatic carbocycles. The minimum absolute atomic E-state index is 0.00278. The number of allylic oxidation sites excluding steroid dienone is 6. The lowest BCUT2D eigenvalue weighted by molar-refractivity contribution is -0.0808. The molecule has 0 fully saturated rings. The molecular weight excluding hydrogens is 336 g/mol. The predicted molar refractivity (Wildman–Crippen MR) is 126 cm³/mol. The summed E-state index contributed by atoms with van der Waals surface area (Å²) < 4.78 is 0. The van der Waals surface area contributed by atoms with Crippen LogP contribution in [-0.4, -0.2) is 0 Å². The van der Waals surface area contributed by atoms with Crippen molar-refractivity contribution in [1.29, 1.82) is 0 Å². The fourth-order valence-corrected chi connectivity index (χ4v) is 7.69. The molecule has 0 aliphatic heterocycles. The molecule has 0 unspecified atom stereocenters. The van der Waals surface area contributed by atoms with Crippen LogP contribution in [0.4, 0.5) is 0 Å². The van der Waals surface area contributed by atoms with Crippen LogP contribution in [0.15, 0.2) is 33.4 Å². The van der Waals surface area contributed by atoms with Crippen LogP contribution >= 0.6 is 0 Å². The molecule has 0 saturated heterocycles. The third-order valence-electron chi connectivity index (χ3n) is 11.9. The van der Waals surface area contributed by atoms with E-state index in [2.05, 4.69) is 111 Å². The van der Waals surface area contributed by atoms with Crippen LogP contribution < -0.4 is 0 Å². The zero-order valence-electron chi connectivity index (χ0n) is 22.0. The quantitative estimate of drug-likeness (QED) is 0.365. The van der Waals surface area contributed by atoms with Crippen molar-refractivity contribution in [3.05, 3.63) is 33.4 Å². The molecule has 0 heterocycles. The number of fused-ring (bicyclic) bond motifs is 4. The molecule has 3 rings (SSSR count). The Labute approximate surface area is 177 Å². The zero-order chi connectivity index (χ0) is 22.5. The van der Waals surface area contributed by atoms with Crippen LogP contribution in [-0.2, 0) is 0 Å². The summed E-state index contributed by atoms with van der Waals surface area (Å²) in [5.74, 6) is 0. The minimum atomic E-state index is 0.00278. The molecule has 2 bridgehead atoms. The first-order valence-electron chi connectivity index (χ1n) is 11.2. The van der Waals surface area contributed by atoms with Crippen molar-refractivity contribution in [3.8, 4) is 0 Å². The van der Waals surface area contributed by atoms with Crippen molar-refractivity contribution >= 4 is 0 Å². The van der Waals surface area contributed by atoms with Crippen molar-refractivity contribution in [2.75, 3.05) is 0 Å². The molecule has 0 atom stereocenters. The minimum Gasteiger partial charge on any atom is -0.0676 e. The van der Waals surface area contributed by atoms with Gasteiger partial charge in [-0.15, -0.1) is 0 Å². The first-order chi connectivity index (χ1) is 12.2. The van der Waals surface area contributed by atoms with Gasteiger partial charge in [0.1, 0.15) is 0 Å². The molecule has 3 aliphatic carbocycles. The molecule has 3 aliphatic rings. The lowest BCUT2D eigenvalue weighted by Gasteiger charge is -2.65. The summed E-state index contributed by atoms with van der Waals surface area (Å²) in [6.07, 6.45) is 0. The monoisotopic (exact) mass is 384 g/mol. The van der Waals surface area contributed by atoms with Gasteiger partial charge in [0.15, 0.2) is 0 Å². The van der Waals surface area contributed by atoms with E-state index in [0.717, 1.165) is 0 Å². The van der Waals surface area contributed by atoms with Crippen molar-refractivity contribution in [2.45, 2.75) is 111 Å². The number of rotatable bonds is 0. The molecule has 0 aromatic rings. The van der Waals surface area contributed by atoms with E-state index in [0.29, 0.717) is 0 Å². The van der Waals surface area contributed by atoms with Gasteiger partial charge in [-0.05, 0) is 68.6 Å². The van der Waals surface area contributed by atoms with Crippen LogP contribution in [0.25, 0.3) is 0 Å². The predicted octanol–water partition coefficient (Wildman–Crippen LogP) is 9.14. The van der Waals surface area contributed by atoms with Gasteiger partial charge >= 0.3 is 0 Å². The van der Waals surface area contributed by atoms with E-state index in [-0.39, 0.29) is 32.5 Å². The Morgan fingerprint density at radius 3 is 0.821 bits per heavy atom. The van der Waals surface area contributed by atoms with E-state index in [1.807, 2.05) is 0 Å². The Kier molecular flexibility index (Phi) is 4.94. The standard InChI is InChI=1S/C28H48/c1-17-18(2)24(9,10)28(16)25(11,12)19(3)21(5)27(15,23(17,7)8)22(6)20(4)26(28,13)14/h1-16H3. The highest BCUT2D eigenvalue weighted by Gasteiger charge is 2.65. The van der Waals surface area contributed by atoms with Crippen LogP contribution in [0, 0.1) is 32.5 Å². The molecule has 0 heteroatoms. The highest BCUT2D eigenvalue weighted by atomic mass is 14.7. The maximum Gasteiger partial charge on any atom is 0.0180 e. The van der Waals surface area contributed by atoms with Crippen LogP contribution in [0.1, 0.15) is 111 Å². The van der Waals surface area contributed by atoms with Gasteiger partial charge < -0.3 is 0 Å². The SMILES string of the molecule is CC1=C(C)C(C)(C)C2(C)C(C)(C)C(C)=C(C)C(C)(C(C)=C(C)C2(C)C)C1(C)C. The summed E-state index contributed by atoms with van der Waals surface area (Å²) in [7, 11) is 0. The summed E-state index contributed by atoms with van der Waals surface area (Å²) >= 11 is 0. The topological polar surface area (TPSA) is 0 Å². The van der Waals surface area contributed by atoms with Gasteiger partial charge in [0.05, 0.1) is 0 Å². The number of hydrogen-bond donors (Lipinski definition) is 0. The molecular formula is C28H48. The third-order valence-corrected chi connectivity index (χ3v) is 11.9. The zero-order valence-corrected chi connectivity index (χ0v) is 22.0. The Bertz CT molecular complexity index is 761. The summed E-state index contributed by atoms with van der Waals surface area (Å²) in [5, 5.41) is 0. The normalized spacial score (nSPS) is 36.9. The highest BCUT2D eigenvalue weighted by Crippen LogP contribution is 2.73. The second-order valence-corrected chi connectivity index (χ2v) is 12.5. The van der Waals surface area contributed by atoms with E-state index in [9.17, 15) is 0 Å². The van der Waals surface area contributed by atoms with Crippen LogP contribution in [0.5, 0.6) is 0 Å². The molecule has 0 spiro atoms. The lowest BCUT2D eigenvalue weighted by Crippen LogP contribution is -2.58. The molecule has 160 valence electrons. The number of hydrogen-bond acceptors (Lipinski definition) is 0. The maximum atomic E-state index is 2.58. The van der Waals surface area contributed by atoms with Crippen LogP contribution in [0.3, 0.4) is 0 Å². The first kappa shape index (κ1) is 23.5. The summed E-state index contributed by atoms with van der Waals surface area (Å²) in [4.78, 5) is 0. The van der Waals surface area contributed by atoms with Crippen molar-refractivity contribution in [3.63, 3.8) is 0 Å². The second-order valence-electron chi connectivity index (χ2n) is 12.5. The summed E-state index contributed by atoms with van der Waals surface area (Å²) in [5.41, 5.74) is 9.76.